The van der Waals surface area contributed by atoms with E-state index in [1.807, 2.05) is 11.8 Å². The van der Waals surface area contributed by atoms with Crippen LogP contribution in [0.1, 0.15) is 23.9 Å². The normalized spacial score (nSPS) is 14.6. The minimum absolute atomic E-state index is 0.0654. The number of ether oxygens (including phenoxy) is 1. The maximum absolute atomic E-state index is 14.5. The first-order valence-electron chi connectivity index (χ1n) is 9.39. The number of anilines is 1. The summed E-state index contributed by atoms with van der Waals surface area (Å²) >= 11 is -1.81. The van der Waals surface area contributed by atoms with Crippen molar-refractivity contribution < 1.29 is 22.9 Å². The molecule has 2 aromatic carbocycles. The second-order valence-electron chi connectivity index (χ2n) is 6.72. The van der Waals surface area contributed by atoms with E-state index in [1.165, 1.54) is 19.2 Å². The quantitative estimate of drug-likeness (QED) is 0.569. The highest BCUT2D eigenvalue weighted by molar-refractivity contribution is 7.89. The van der Waals surface area contributed by atoms with Crippen molar-refractivity contribution in [1.82, 2.24) is 4.31 Å². The molecular weight excluding hydrogens is 395 g/mol. The van der Waals surface area contributed by atoms with E-state index in [1.54, 1.807) is 30.3 Å². The first-order valence-corrected chi connectivity index (χ1v) is 10.5. The highest BCUT2D eigenvalue weighted by Crippen LogP contribution is 2.32. The molecule has 1 aliphatic rings. The van der Waals surface area contributed by atoms with Crippen LogP contribution >= 0.6 is 0 Å². The van der Waals surface area contributed by atoms with E-state index in [-0.39, 0.29) is 11.1 Å². The summed E-state index contributed by atoms with van der Waals surface area (Å²) < 4.78 is 39.7. The number of benzene rings is 2. The van der Waals surface area contributed by atoms with Crippen LogP contribution in [-0.4, -0.2) is 41.5 Å². The molecule has 0 aliphatic carbocycles. The standard InChI is InChI=1S/C21H21FN2O4S/c1-3-27-17-7-4-5-8-20(17)29(26)23(2)21(25)19-13-15-16(22)11-14(12-18(15)28-19)24-9-6-10-24/h4-5,7-8,11-13H,3,6,9-10H2,1-2H3. The summed E-state index contributed by atoms with van der Waals surface area (Å²) in [6, 6.07) is 11.4. The monoisotopic (exact) mass is 416 g/mol. The van der Waals surface area contributed by atoms with Gasteiger partial charge in [-0.1, -0.05) is 12.1 Å². The summed E-state index contributed by atoms with van der Waals surface area (Å²) in [6.45, 7) is 3.98. The minimum Gasteiger partial charge on any atom is -0.588 e. The zero-order valence-corrected chi connectivity index (χ0v) is 17.0. The molecule has 4 rings (SSSR count). The van der Waals surface area contributed by atoms with Crippen molar-refractivity contribution in [2.75, 3.05) is 31.6 Å². The smallest absolute Gasteiger partial charge is 0.330 e. The SMILES string of the molecule is CCOc1ccccc1[S+]([O-])N(C)C(=O)c1cc2c(F)cc(N3CCC3)cc2o1. The van der Waals surface area contributed by atoms with Crippen LogP contribution in [0.4, 0.5) is 10.1 Å². The van der Waals surface area contributed by atoms with E-state index >= 15 is 0 Å². The number of rotatable bonds is 6. The number of hydrogen-bond acceptors (Lipinski definition) is 5. The van der Waals surface area contributed by atoms with Crippen LogP contribution in [0.3, 0.4) is 0 Å². The molecule has 2 heterocycles. The Balaban J connectivity index is 1.61. The molecule has 1 unspecified atom stereocenters. The number of nitrogens with zero attached hydrogens (tertiary/aromatic N) is 2. The van der Waals surface area contributed by atoms with Crippen molar-refractivity contribution >= 4 is 33.9 Å². The van der Waals surface area contributed by atoms with Gasteiger partial charge in [0, 0.05) is 30.9 Å². The molecule has 152 valence electrons. The molecule has 1 atom stereocenters. The molecule has 3 aromatic rings. The molecule has 0 bridgehead atoms. The topological polar surface area (TPSA) is 69.0 Å². The maximum Gasteiger partial charge on any atom is 0.330 e. The van der Waals surface area contributed by atoms with Gasteiger partial charge < -0.3 is 18.6 Å². The second kappa shape index (κ2) is 7.96. The number of furan rings is 1. The van der Waals surface area contributed by atoms with Crippen molar-refractivity contribution in [3.8, 4) is 5.75 Å². The van der Waals surface area contributed by atoms with Crippen LogP contribution in [0.15, 0.2) is 51.8 Å². The average Bonchev–Trinajstić information content (AvgIpc) is 3.10. The van der Waals surface area contributed by atoms with E-state index < -0.39 is 23.1 Å². The van der Waals surface area contributed by atoms with Gasteiger partial charge in [-0.25, -0.2) is 4.39 Å². The molecule has 0 N–H and O–H groups in total. The van der Waals surface area contributed by atoms with Gasteiger partial charge in [0.15, 0.2) is 11.5 Å². The molecule has 1 aromatic heterocycles. The first-order chi connectivity index (χ1) is 14.0. The molecule has 1 amide bonds. The summed E-state index contributed by atoms with van der Waals surface area (Å²) in [5, 5.41) is 0.228. The van der Waals surface area contributed by atoms with E-state index in [0.717, 1.165) is 29.5 Å². The zero-order valence-electron chi connectivity index (χ0n) is 16.2. The van der Waals surface area contributed by atoms with Gasteiger partial charge in [-0.15, -0.1) is 0 Å². The summed E-state index contributed by atoms with van der Waals surface area (Å²) in [6.07, 6.45) is 1.07. The molecule has 1 fully saturated rings. The molecule has 1 saturated heterocycles. The molecule has 29 heavy (non-hydrogen) atoms. The van der Waals surface area contributed by atoms with Crippen molar-refractivity contribution in [2.45, 2.75) is 18.2 Å². The van der Waals surface area contributed by atoms with Gasteiger partial charge in [-0.2, -0.15) is 4.31 Å². The van der Waals surface area contributed by atoms with Gasteiger partial charge in [0.1, 0.15) is 22.8 Å². The highest BCUT2D eigenvalue weighted by Gasteiger charge is 2.31. The predicted molar refractivity (Wildman–Crippen MR) is 109 cm³/mol. The second-order valence-corrected chi connectivity index (χ2v) is 8.21. The van der Waals surface area contributed by atoms with Crippen molar-refractivity contribution in [1.29, 1.82) is 0 Å². The fourth-order valence-electron chi connectivity index (χ4n) is 3.19. The average molecular weight is 416 g/mol. The van der Waals surface area contributed by atoms with Gasteiger partial charge in [-0.05, 0) is 31.5 Å². The van der Waals surface area contributed by atoms with Gasteiger partial charge in [0.05, 0.1) is 19.0 Å². The van der Waals surface area contributed by atoms with Crippen LogP contribution in [0.2, 0.25) is 0 Å². The third-order valence-corrected chi connectivity index (χ3v) is 6.25. The summed E-state index contributed by atoms with van der Waals surface area (Å²) in [5.74, 6) is -0.666. The van der Waals surface area contributed by atoms with Crippen LogP contribution in [0, 0.1) is 5.82 Å². The van der Waals surface area contributed by atoms with Crippen LogP contribution in [0.25, 0.3) is 11.0 Å². The maximum atomic E-state index is 14.5. The molecule has 0 radical (unpaired) electrons. The Kier molecular flexibility index (Phi) is 5.38. The van der Waals surface area contributed by atoms with E-state index in [0.29, 0.717) is 22.8 Å². The van der Waals surface area contributed by atoms with E-state index in [9.17, 15) is 13.7 Å². The van der Waals surface area contributed by atoms with Gasteiger partial charge in [-0.3, -0.25) is 4.79 Å². The third-order valence-electron chi connectivity index (χ3n) is 4.88. The largest absolute Gasteiger partial charge is 0.588 e. The summed E-state index contributed by atoms with van der Waals surface area (Å²) in [7, 11) is 1.41. The molecule has 8 heteroatoms. The number of amides is 1. The van der Waals surface area contributed by atoms with Crippen LogP contribution in [-0.2, 0) is 11.4 Å². The lowest BCUT2D eigenvalue weighted by Gasteiger charge is -2.33. The Morgan fingerprint density at radius 3 is 2.76 bits per heavy atom. The first kappa shape index (κ1) is 19.6. The number of halogens is 1. The molecule has 1 aliphatic heterocycles. The molecular formula is C21H21FN2O4S. The van der Waals surface area contributed by atoms with Gasteiger partial charge in [0.25, 0.3) is 0 Å². The summed E-state index contributed by atoms with van der Waals surface area (Å²) in [4.78, 5) is 15.3. The molecule has 6 nitrogen and oxygen atoms in total. The highest BCUT2D eigenvalue weighted by atomic mass is 32.2. The minimum atomic E-state index is -1.81. The van der Waals surface area contributed by atoms with Gasteiger partial charge in [0.2, 0.25) is 4.90 Å². The Hall–Kier alpha value is -2.71. The van der Waals surface area contributed by atoms with E-state index in [2.05, 4.69) is 0 Å². The zero-order chi connectivity index (χ0) is 20.5. The fraction of sp³-hybridized carbons (Fsp3) is 0.286. The lowest BCUT2D eigenvalue weighted by molar-refractivity contribution is 0.0855. The number of carbonyl (C=O) groups excluding carboxylic acids is 1. The van der Waals surface area contributed by atoms with E-state index in [4.69, 9.17) is 9.15 Å². The summed E-state index contributed by atoms with van der Waals surface area (Å²) in [5.41, 5.74) is 1.03. The number of para-hydroxylation sites is 1. The predicted octanol–water partition coefficient (Wildman–Crippen LogP) is 3.98. The molecule has 0 spiro atoms. The van der Waals surface area contributed by atoms with Crippen LogP contribution in [0.5, 0.6) is 5.75 Å². The Morgan fingerprint density at radius 2 is 2.07 bits per heavy atom. The number of hydrogen-bond donors (Lipinski definition) is 0. The van der Waals surface area contributed by atoms with Gasteiger partial charge >= 0.3 is 5.91 Å². The number of fused-ring (bicyclic) bond motifs is 1. The third kappa shape index (κ3) is 3.65. The van der Waals surface area contributed by atoms with Crippen molar-refractivity contribution in [3.05, 3.63) is 54.0 Å². The Morgan fingerprint density at radius 1 is 1.31 bits per heavy atom. The number of carbonyl (C=O) groups is 1. The lowest BCUT2D eigenvalue weighted by atomic mass is 10.1. The molecule has 0 saturated carbocycles. The van der Waals surface area contributed by atoms with Crippen molar-refractivity contribution in [2.24, 2.45) is 0 Å². The fourth-order valence-corrected chi connectivity index (χ4v) is 4.22. The van der Waals surface area contributed by atoms with Crippen molar-refractivity contribution in [3.63, 3.8) is 0 Å². The Labute approximate surface area is 171 Å². The van der Waals surface area contributed by atoms with Crippen LogP contribution < -0.4 is 9.64 Å². The lowest BCUT2D eigenvalue weighted by Crippen LogP contribution is -2.36. The Bertz CT molecular complexity index is 1050.